The third-order valence-electron chi connectivity index (χ3n) is 2.93. The highest BCUT2D eigenvalue weighted by molar-refractivity contribution is 5.85. The zero-order chi connectivity index (χ0) is 10.8. The first kappa shape index (κ1) is 11.5. The zero-order valence-electron chi connectivity index (χ0n) is 9.46. The number of hydrogen-bond acceptors (Lipinski definition) is 3. The molecule has 1 rings (SSSR count). The maximum atomic E-state index is 12.0. The van der Waals surface area contributed by atoms with Crippen LogP contribution in [0, 0.1) is 0 Å². The van der Waals surface area contributed by atoms with Gasteiger partial charge in [-0.3, -0.25) is 4.79 Å². The topological polar surface area (TPSA) is 41.6 Å². The third-order valence-corrected chi connectivity index (χ3v) is 2.93. The van der Waals surface area contributed by atoms with Crippen LogP contribution in [0.5, 0.6) is 0 Å². The highest BCUT2D eigenvalue weighted by atomic mass is 16.5. The van der Waals surface area contributed by atoms with Crippen molar-refractivity contribution in [3.63, 3.8) is 0 Å². The lowest BCUT2D eigenvalue weighted by Crippen LogP contribution is -2.54. The normalized spacial score (nSPS) is 22.4. The van der Waals surface area contributed by atoms with Crippen LogP contribution in [0.1, 0.15) is 20.3 Å². The molecule has 1 unspecified atom stereocenters. The average Bonchev–Trinajstić information content (AvgIpc) is 2.68. The number of carbonyl (C=O) groups excluding carboxylic acids is 1. The summed E-state index contributed by atoms with van der Waals surface area (Å²) in [5.41, 5.74) is -0.489. The van der Waals surface area contributed by atoms with Crippen molar-refractivity contribution in [3.05, 3.63) is 0 Å². The van der Waals surface area contributed by atoms with Gasteiger partial charge in [-0.2, -0.15) is 0 Å². The molecule has 0 aromatic heterocycles. The van der Waals surface area contributed by atoms with E-state index in [1.54, 1.807) is 11.9 Å². The average molecular weight is 200 g/mol. The highest BCUT2D eigenvalue weighted by Gasteiger charge is 2.33. The molecule has 1 N–H and O–H groups in total. The number of amides is 1. The summed E-state index contributed by atoms with van der Waals surface area (Å²) in [6, 6.07) is 0.245. The van der Waals surface area contributed by atoms with Gasteiger partial charge in [-0.25, -0.2) is 0 Å². The van der Waals surface area contributed by atoms with E-state index < -0.39 is 5.54 Å². The second-order valence-corrected chi connectivity index (χ2v) is 4.31. The van der Waals surface area contributed by atoms with Crippen LogP contribution < -0.4 is 5.32 Å². The Balaban J connectivity index is 2.59. The Hall–Kier alpha value is -0.610. The smallest absolute Gasteiger partial charge is 0.242 e. The van der Waals surface area contributed by atoms with Crippen LogP contribution in [0.2, 0.25) is 0 Å². The van der Waals surface area contributed by atoms with Crippen LogP contribution in [-0.2, 0) is 9.53 Å². The lowest BCUT2D eigenvalue weighted by molar-refractivity contribution is -0.137. The van der Waals surface area contributed by atoms with E-state index in [-0.39, 0.29) is 11.9 Å². The summed E-state index contributed by atoms with van der Waals surface area (Å²) < 4.78 is 5.26. The Morgan fingerprint density at radius 2 is 2.21 bits per heavy atom. The Labute approximate surface area is 85.6 Å². The highest BCUT2D eigenvalue weighted by Crippen LogP contribution is 2.15. The fourth-order valence-corrected chi connectivity index (χ4v) is 1.54. The SMILES string of the molecule is CNC(C)(C)C(=O)N(C)C1CCOC1. The second-order valence-electron chi connectivity index (χ2n) is 4.31. The van der Waals surface area contributed by atoms with Crippen LogP contribution in [0.25, 0.3) is 0 Å². The van der Waals surface area contributed by atoms with Crippen molar-refractivity contribution in [2.45, 2.75) is 31.8 Å². The molecule has 0 aromatic rings. The maximum absolute atomic E-state index is 12.0. The predicted octanol–water partition coefficient (Wildman–Crippen LogP) is 0.232. The van der Waals surface area contributed by atoms with Crippen molar-refractivity contribution < 1.29 is 9.53 Å². The first-order valence-corrected chi connectivity index (χ1v) is 5.03. The molecule has 1 saturated heterocycles. The molecule has 4 nitrogen and oxygen atoms in total. The molecule has 14 heavy (non-hydrogen) atoms. The minimum Gasteiger partial charge on any atom is -0.379 e. The Bertz CT molecular complexity index is 210. The summed E-state index contributed by atoms with van der Waals surface area (Å²) in [4.78, 5) is 13.8. The molecule has 0 aromatic carbocycles. The van der Waals surface area contributed by atoms with Gasteiger partial charge in [0.25, 0.3) is 0 Å². The molecule has 0 aliphatic carbocycles. The van der Waals surface area contributed by atoms with Gasteiger partial charge in [0.2, 0.25) is 5.91 Å². The molecule has 1 aliphatic heterocycles. The summed E-state index contributed by atoms with van der Waals surface area (Å²) in [7, 11) is 3.65. The number of nitrogens with zero attached hydrogens (tertiary/aromatic N) is 1. The fourth-order valence-electron chi connectivity index (χ4n) is 1.54. The first-order valence-electron chi connectivity index (χ1n) is 5.03. The van der Waals surface area contributed by atoms with E-state index in [0.717, 1.165) is 13.0 Å². The molecule has 82 valence electrons. The quantitative estimate of drug-likeness (QED) is 0.709. The largest absolute Gasteiger partial charge is 0.379 e. The van der Waals surface area contributed by atoms with E-state index in [2.05, 4.69) is 5.32 Å². The van der Waals surface area contributed by atoms with Gasteiger partial charge in [0.05, 0.1) is 18.2 Å². The van der Waals surface area contributed by atoms with E-state index in [1.165, 1.54) is 0 Å². The molecule has 0 radical (unpaired) electrons. The summed E-state index contributed by atoms with van der Waals surface area (Å²) in [5.74, 6) is 0.121. The fraction of sp³-hybridized carbons (Fsp3) is 0.900. The molecule has 1 atom stereocenters. The zero-order valence-corrected chi connectivity index (χ0v) is 9.46. The number of nitrogens with one attached hydrogen (secondary N) is 1. The number of rotatable bonds is 3. The van der Waals surface area contributed by atoms with E-state index >= 15 is 0 Å². The van der Waals surface area contributed by atoms with Crippen molar-refractivity contribution in [2.75, 3.05) is 27.3 Å². The Kier molecular flexibility index (Phi) is 3.50. The predicted molar refractivity (Wildman–Crippen MR) is 55.1 cm³/mol. The van der Waals surface area contributed by atoms with Crippen LogP contribution in [-0.4, -0.2) is 49.7 Å². The van der Waals surface area contributed by atoms with Gasteiger partial charge in [0, 0.05) is 13.7 Å². The minimum atomic E-state index is -0.489. The van der Waals surface area contributed by atoms with Crippen molar-refractivity contribution in [1.82, 2.24) is 10.2 Å². The number of likely N-dealkylation sites (N-methyl/N-ethyl adjacent to an activating group) is 2. The summed E-state index contributed by atoms with van der Waals surface area (Å²) in [5, 5.41) is 3.01. The molecule has 1 amide bonds. The minimum absolute atomic E-state index is 0.121. The molecule has 0 spiro atoms. The number of ether oxygens (including phenoxy) is 1. The standard InChI is InChI=1S/C10H20N2O2/c1-10(2,11-3)9(13)12(4)8-5-6-14-7-8/h8,11H,5-7H2,1-4H3. The van der Waals surface area contributed by atoms with Crippen LogP contribution >= 0.6 is 0 Å². The van der Waals surface area contributed by atoms with Gasteiger partial charge < -0.3 is 15.0 Å². The third kappa shape index (κ3) is 2.25. The van der Waals surface area contributed by atoms with Gasteiger partial charge in [-0.15, -0.1) is 0 Å². The Morgan fingerprint density at radius 1 is 1.57 bits per heavy atom. The van der Waals surface area contributed by atoms with Gasteiger partial charge in [0.1, 0.15) is 0 Å². The molecule has 1 fully saturated rings. The molecular formula is C10H20N2O2. The van der Waals surface area contributed by atoms with Gasteiger partial charge in [-0.1, -0.05) is 0 Å². The van der Waals surface area contributed by atoms with Crippen molar-refractivity contribution in [1.29, 1.82) is 0 Å². The van der Waals surface area contributed by atoms with Gasteiger partial charge in [0.15, 0.2) is 0 Å². The summed E-state index contributed by atoms with van der Waals surface area (Å²) >= 11 is 0. The van der Waals surface area contributed by atoms with Crippen molar-refractivity contribution >= 4 is 5.91 Å². The second kappa shape index (κ2) is 4.28. The first-order chi connectivity index (χ1) is 6.49. The van der Waals surface area contributed by atoms with Crippen molar-refractivity contribution in [3.8, 4) is 0 Å². The van der Waals surface area contributed by atoms with Gasteiger partial charge >= 0.3 is 0 Å². The van der Waals surface area contributed by atoms with Gasteiger partial charge in [-0.05, 0) is 27.3 Å². The molecule has 0 saturated carbocycles. The number of carbonyl (C=O) groups is 1. The van der Waals surface area contributed by atoms with E-state index in [9.17, 15) is 4.79 Å². The molecule has 1 aliphatic rings. The summed E-state index contributed by atoms with van der Waals surface area (Å²) in [6.45, 7) is 5.22. The Morgan fingerprint density at radius 3 is 2.64 bits per heavy atom. The molecule has 4 heteroatoms. The van der Waals surface area contributed by atoms with Crippen LogP contribution in [0.4, 0.5) is 0 Å². The lowest BCUT2D eigenvalue weighted by Gasteiger charge is -2.32. The monoisotopic (exact) mass is 200 g/mol. The molecule has 0 bridgehead atoms. The van der Waals surface area contributed by atoms with Crippen LogP contribution in [0.15, 0.2) is 0 Å². The van der Waals surface area contributed by atoms with E-state index in [0.29, 0.717) is 6.61 Å². The number of hydrogen-bond donors (Lipinski definition) is 1. The lowest BCUT2D eigenvalue weighted by atomic mass is 10.0. The maximum Gasteiger partial charge on any atom is 0.242 e. The molecule has 1 heterocycles. The van der Waals surface area contributed by atoms with E-state index in [4.69, 9.17) is 4.74 Å². The molecular weight excluding hydrogens is 180 g/mol. The van der Waals surface area contributed by atoms with Crippen LogP contribution in [0.3, 0.4) is 0 Å². The summed E-state index contributed by atoms with van der Waals surface area (Å²) in [6.07, 6.45) is 0.946. The van der Waals surface area contributed by atoms with E-state index in [1.807, 2.05) is 20.9 Å². The van der Waals surface area contributed by atoms with Crippen molar-refractivity contribution in [2.24, 2.45) is 0 Å².